The minimum absolute atomic E-state index is 0.0621. The molecule has 2 saturated heterocycles. The second-order valence-corrected chi connectivity index (χ2v) is 5.36. The van der Waals surface area contributed by atoms with Gasteiger partial charge in [0, 0.05) is 45.1 Å². The maximum Gasteiger partial charge on any atom is 0.213 e. The van der Waals surface area contributed by atoms with E-state index in [0.29, 0.717) is 11.9 Å². The van der Waals surface area contributed by atoms with E-state index in [1.807, 2.05) is 18.2 Å². The maximum atomic E-state index is 6.04. The highest BCUT2D eigenvalue weighted by molar-refractivity contribution is 5.11. The fourth-order valence-corrected chi connectivity index (χ4v) is 3.14. The van der Waals surface area contributed by atoms with Gasteiger partial charge in [0.2, 0.25) is 5.88 Å². The zero-order chi connectivity index (χ0) is 13.8. The summed E-state index contributed by atoms with van der Waals surface area (Å²) in [4.78, 5) is 6.68. The van der Waals surface area contributed by atoms with Gasteiger partial charge < -0.3 is 14.2 Å². The lowest BCUT2D eigenvalue weighted by Crippen LogP contribution is -2.43. The monoisotopic (exact) mass is 278 g/mol. The molecule has 0 amide bonds. The summed E-state index contributed by atoms with van der Waals surface area (Å²) < 4.78 is 17.2. The van der Waals surface area contributed by atoms with Gasteiger partial charge in [-0.2, -0.15) is 0 Å². The molecule has 0 aromatic carbocycles. The number of rotatable bonds is 5. The van der Waals surface area contributed by atoms with Crippen LogP contribution in [-0.4, -0.2) is 61.5 Å². The van der Waals surface area contributed by atoms with Gasteiger partial charge in [-0.05, 0) is 18.9 Å². The Morgan fingerprint density at radius 1 is 1.45 bits per heavy atom. The van der Waals surface area contributed by atoms with Crippen LogP contribution >= 0.6 is 0 Å². The van der Waals surface area contributed by atoms with Crippen LogP contribution in [-0.2, 0) is 9.47 Å². The molecule has 0 saturated carbocycles. The van der Waals surface area contributed by atoms with Crippen molar-refractivity contribution in [1.29, 1.82) is 0 Å². The van der Waals surface area contributed by atoms with Crippen LogP contribution in [0.5, 0.6) is 5.88 Å². The lowest BCUT2D eigenvalue weighted by atomic mass is 10.0. The lowest BCUT2D eigenvalue weighted by Gasteiger charge is -2.32. The Kier molecular flexibility index (Phi) is 4.50. The normalized spacial score (nSPS) is 30.1. The molecule has 0 N–H and O–H groups in total. The fourth-order valence-electron chi connectivity index (χ4n) is 3.14. The van der Waals surface area contributed by atoms with Gasteiger partial charge in [0.05, 0.1) is 6.61 Å². The van der Waals surface area contributed by atoms with Gasteiger partial charge in [0.15, 0.2) is 0 Å². The third kappa shape index (κ3) is 2.95. The van der Waals surface area contributed by atoms with E-state index in [2.05, 4.69) is 9.88 Å². The predicted octanol–water partition coefficient (Wildman–Crippen LogP) is 1.34. The largest absolute Gasteiger partial charge is 0.470 e. The van der Waals surface area contributed by atoms with Gasteiger partial charge in [0.25, 0.3) is 0 Å². The third-order valence-corrected chi connectivity index (χ3v) is 4.08. The molecule has 110 valence electrons. The molecule has 20 heavy (non-hydrogen) atoms. The lowest BCUT2D eigenvalue weighted by molar-refractivity contribution is -0.0484. The predicted molar refractivity (Wildman–Crippen MR) is 74.9 cm³/mol. The van der Waals surface area contributed by atoms with E-state index in [1.165, 1.54) is 6.42 Å². The van der Waals surface area contributed by atoms with Crippen LogP contribution in [0.2, 0.25) is 0 Å². The standard InChI is InChI=1S/C15H22N2O3/c1-18-10-8-17-11-13(15-12(17)5-4-9-19-15)20-14-6-2-3-7-16-14/h2-3,6-7,12-13,15H,4-5,8-11H2,1H3/t12-,13-,15+/m1/s1. The van der Waals surface area contributed by atoms with Crippen LogP contribution in [0.4, 0.5) is 0 Å². The van der Waals surface area contributed by atoms with Crippen molar-refractivity contribution in [3.05, 3.63) is 24.4 Å². The molecule has 3 atom stereocenters. The number of hydrogen-bond donors (Lipinski definition) is 0. The number of hydrogen-bond acceptors (Lipinski definition) is 5. The quantitative estimate of drug-likeness (QED) is 0.813. The number of fused-ring (bicyclic) bond motifs is 1. The summed E-state index contributed by atoms with van der Waals surface area (Å²) in [7, 11) is 1.74. The van der Waals surface area contributed by atoms with Crippen LogP contribution in [0.15, 0.2) is 24.4 Å². The molecule has 0 aliphatic carbocycles. The molecule has 0 spiro atoms. The Labute approximate surface area is 119 Å². The summed E-state index contributed by atoms with van der Waals surface area (Å²) in [5.74, 6) is 0.680. The van der Waals surface area contributed by atoms with Crippen molar-refractivity contribution >= 4 is 0 Å². The van der Waals surface area contributed by atoms with Gasteiger partial charge in [-0.25, -0.2) is 4.98 Å². The molecule has 0 radical (unpaired) electrons. The molecule has 1 aromatic rings. The van der Waals surface area contributed by atoms with Gasteiger partial charge >= 0.3 is 0 Å². The minimum atomic E-state index is 0.0621. The number of pyridine rings is 1. The first-order valence-corrected chi connectivity index (χ1v) is 7.31. The summed E-state index contributed by atoms with van der Waals surface area (Å²) in [6, 6.07) is 6.19. The summed E-state index contributed by atoms with van der Waals surface area (Å²) in [5, 5.41) is 0. The van der Waals surface area contributed by atoms with Crippen molar-refractivity contribution in [2.45, 2.75) is 31.1 Å². The molecule has 2 fully saturated rings. The molecule has 5 heteroatoms. The smallest absolute Gasteiger partial charge is 0.213 e. The second kappa shape index (κ2) is 6.52. The SMILES string of the molecule is COCCN1C[C@@H](Oc2ccccn2)[C@H]2OCCC[C@H]21. The summed E-state index contributed by atoms with van der Waals surface area (Å²) in [6.07, 6.45) is 4.28. The second-order valence-electron chi connectivity index (χ2n) is 5.36. The van der Waals surface area contributed by atoms with Crippen LogP contribution in [0.1, 0.15) is 12.8 Å². The number of nitrogens with zero attached hydrogens (tertiary/aromatic N) is 2. The first-order chi connectivity index (χ1) is 9.88. The molecule has 1 aromatic heterocycles. The molecule has 2 aliphatic heterocycles. The Morgan fingerprint density at radius 2 is 2.40 bits per heavy atom. The number of likely N-dealkylation sites (tertiary alicyclic amines) is 1. The average molecular weight is 278 g/mol. The minimum Gasteiger partial charge on any atom is -0.470 e. The Bertz CT molecular complexity index is 415. The molecular formula is C15H22N2O3. The molecule has 2 aliphatic rings. The summed E-state index contributed by atoms with van der Waals surface area (Å²) >= 11 is 0. The van der Waals surface area contributed by atoms with Gasteiger partial charge in [-0.1, -0.05) is 6.07 Å². The highest BCUT2D eigenvalue weighted by Gasteiger charge is 2.45. The van der Waals surface area contributed by atoms with E-state index in [0.717, 1.165) is 32.7 Å². The third-order valence-electron chi connectivity index (χ3n) is 4.08. The van der Waals surface area contributed by atoms with E-state index in [1.54, 1.807) is 13.3 Å². The van der Waals surface area contributed by atoms with Gasteiger partial charge in [-0.15, -0.1) is 0 Å². The van der Waals surface area contributed by atoms with E-state index < -0.39 is 0 Å². The highest BCUT2D eigenvalue weighted by atomic mass is 16.5. The van der Waals surface area contributed by atoms with E-state index in [-0.39, 0.29) is 12.2 Å². The maximum absolute atomic E-state index is 6.04. The van der Waals surface area contributed by atoms with Gasteiger partial charge in [-0.3, -0.25) is 4.90 Å². The van der Waals surface area contributed by atoms with Crippen molar-refractivity contribution in [2.75, 3.05) is 33.4 Å². The molecule has 0 unspecified atom stereocenters. The number of aromatic nitrogens is 1. The Balaban J connectivity index is 1.67. The van der Waals surface area contributed by atoms with Gasteiger partial charge in [0.1, 0.15) is 12.2 Å². The first-order valence-electron chi connectivity index (χ1n) is 7.31. The number of methoxy groups -OCH3 is 1. The molecular weight excluding hydrogens is 256 g/mol. The van der Waals surface area contributed by atoms with Crippen LogP contribution in [0.25, 0.3) is 0 Å². The first kappa shape index (κ1) is 13.8. The molecule has 3 rings (SSSR count). The van der Waals surface area contributed by atoms with Crippen LogP contribution < -0.4 is 4.74 Å². The highest BCUT2D eigenvalue weighted by Crippen LogP contribution is 2.30. The Hall–Kier alpha value is -1.17. The van der Waals surface area contributed by atoms with E-state index in [4.69, 9.17) is 14.2 Å². The zero-order valence-corrected chi connectivity index (χ0v) is 11.9. The van der Waals surface area contributed by atoms with Crippen molar-refractivity contribution in [2.24, 2.45) is 0 Å². The average Bonchev–Trinajstić information content (AvgIpc) is 2.85. The van der Waals surface area contributed by atoms with Crippen molar-refractivity contribution in [3.63, 3.8) is 0 Å². The van der Waals surface area contributed by atoms with Crippen LogP contribution in [0.3, 0.4) is 0 Å². The molecule has 0 bridgehead atoms. The van der Waals surface area contributed by atoms with Crippen molar-refractivity contribution in [1.82, 2.24) is 9.88 Å². The Morgan fingerprint density at radius 3 is 3.20 bits per heavy atom. The molecule has 3 heterocycles. The van der Waals surface area contributed by atoms with Crippen molar-refractivity contribution < 1.29 is 14.2 Å². The summed E-state index contributed by atoms with van der Waals surface area (Å²) in [5.41, 5.74) is 0. The summed E-state index contributed by atoms with van der Waals surface area (Å²) in [6.45, 7) is 3.40. The van der Waals surface area contributed by atoms with E-state index >= 15 is 0 Å². The fraction of sp³-hybridized carbons (Fsp3) is 0.667. The number of ether oxygens (including phenoxy) is 3. The van der Waals surface area contributed by atoms with Crippen molar-refractivity contribution in [3.8, 4) is 5.88 Å². The molecule has 5 nitrogen and oxygen atoms in total. The van der Waals surface area contributed by atoms with E-state index in [9.17, 15) is 0 Å². The zero-order valence-electron chi connectivity index (χ0n) is 11.9. The topological polar surface area (TPSA) is 43.8 Å². The van der Waals surface area contributed by atoms with Crippen LogP contribution in [0, 0.1) is 0 Å².